The van der Waals surface area contributed by atoms with Gasteiger partial charge in [-0.05, 0) is 18.1 Å². The summed E-state index contributed by atoms with van der Waals surface area (Å²) in [6.07, 6.45) is 2.45. The van der Waals surface area contributed by atoms with E-state index in [4.69, 9.17) is 16.9 Å². The molecule has 0 N–H and O–H groups in total. The number of pyridine rings is 1. The Balaban J connectivity index is 3.19. The predicted octanol–water partition coefficient (Wildman–Crippen LogP) is 2.17. The monoisotopic (exact) mass is 166 g/mol. The SMILES string of the molecule is CCc1cnc(Cl)cc1C#N. The molecule has 0 aromatic carbocycles. The highest BCUT2D eigenvalue weighted by molar-refractivity contribution is 6.29. The Morgan fingerprint density at radius 2 is 2.45 bits per heavy atom. The van der Waals surface area contributed by atoms with Gasteiger partial charge in [-0.3, -0.25) is 0 Å². The lowest BCUT2D eigenvalue weighted by Gasteiger charge is -1.97. The molecule has 0 spiro atoms. The van der Waals surface area contributed by atoms with Gasteiger partial charge in [0.2, 0.25) is 0 Å². The molecule has 1 heterocycles. The molecule has 0 amide bonds. The third-order valence-corrected chi connectivity index (χ3v) is 1.66. The summed E-state index contributed by atoms with van der Waals surface area (Å²) < 4.78 is 0. The van der Waals surface area contributed by atoms with Gasteiger partial charge in [0.05, 0.1) is 11.6 Å². The van der Waals surface area contributed by atoms with Crippen molar-refractivity contribution >= 4 is 11.6 Å². The summed E-state index contributed by atoms with van der Waals surface area (Å²) in [6, 6.07) is 3.65. The molecule has 11 heavy (non-hydrogen) atoms. The van der Waals surface area contributed by atoms with Crippen LogP contribution in [-0.4, -0.2) is 4.98 Å². The molecule has 0 aliphatic carbocycles. The molecule has 1 aromatic rings. The van der Waals surface area contributed by atoms with Gasteiger partial charge in [-0.2, -0.15) is 5.26 Å². The maximum atomic E-state index is 8.64. The van der Waals surface area contributed by atoms with Crippen LogP contribution in [0, 0.1) is 11.3 Å². The van der Waals surface area contributed by atoms with Crippen LogP contribution >= 0.6 is 11.6 Å². The van der Waals surface area contributed by atoms with Crippen molar-refractivity contribution in [2.75, 3.05) is 0 Å². The van der Waals surface area contributed by atoms with Crippen LogP contribution in [0.25, 0.3) is 0 Å². The van der Waals surface area contributed by atoms with E-state index >= 15 is 0 Å². The lowest BCUT2D eigenvalue weighted by atomic mass is 10.1. The number of halogens is 1. The fraction of sp³-hybridized carbons (Fsp3) is 0.250. The molecule has 56 valence electrons. The third-order valence-electron chi connectivity index (χ3n) is 1.45. The average Bonchev–Trinajstić information content (AvgIpc) is 2.04. The first kappa shape index (κ1) is 8.03. The largest absolute Gasteiger partial charge is 0.244 e. The van der Waals surface area contributed by atoms with Crippen molar-refractivity contribution in [1.29, 1.82) is 5.26 Å². The van der Waals surface area contributed by atoms with Crippen molar-refractivity contribution in [3.63, 3.8) is 0 Å². The predicted molar refractivity (Wildman–Crippen MR) is 43.3 cm³/mol. The van der Waals surface area contributed by atoms with Gasteiger partial charge in [0.15, 0.2) is 0 Å². The highest BCUT2D eigenvalue weighted by Crippen LogP contribution is 2.11. The first-order valence-electron chi connectivity index (χ1n) is 3.32. The number of hydrogen-bond donors (Lipinski definition) is 0. The lowest BCUT2D eigenvalue weighted by molar-refractivity contribution is 1.09. The Labute approximate surface area is 70.4 Å². The van der Waals surface area contributed by atoms with Crippen molar-refractivity contribution in [3.8, 4) is 6.07 Å². The molecule has 2 nitrogen and oxygen atoms in total. The fourth-order valence-corrected chi connectivity index (χ4v) is 1.00. The first-order valence-corrected chi connectivity index (χ1v) is 3.70. The number of nitrogens with zero attached hydrogens (tertiary/aromatic N) is 2. The second-order valence-corrected chi connectivity index (χ2v) is 2.52. The van der Waals surface area contributed by atoms with Crippen LogP contribution in [0.4, 0.5) is 0 Å². The van der Waals surface area contributed by atoms with Crippen LogP contribution in [0.1, 0.15) is 18.1 Å². The Kier molecular flexibility index (Phi) is 2.45. The molecule has 0 saturated carbocycles. The highest BCUT2D eigenvalue weighted by atomic mass is 35.5. The minimum atomic E-state index is 0.374. The van der Waals surface area contributed by atoms with Crippen molar-refractivity contribution in [2.24, 2.45) is 0 Å². The zero-order valence-corrected chi connectivity index (χ0v) is 6.89. The molecule has 0 bridgehead atoms. The fourth-order valence-electron chi connectivity index (χ4n) is 0.844. The van der Waals surface area contributed by atoms with Gasteiger partial charge in [-0.1, -0.05) is 18.5 Å². The average molecular weight is 167 g/mol. The van der Waals surface area contributed by atoms with Crippen LogP contribution < -0.4 is 0 Å². The molecule has 1 aromatic heterocycles. The Morgan fingerprint density at radius 3 is 3.00 bits per heavy atom. The molecule has 0 atom stereocenters. The van der Waals surface area contributed by atoms with Crippen LogP contribution in [0.2, 0.25) is 5.15 Å². The maximum absolute atomic E-state index is 8.64. The second kappa shape index (κ2) is 3.36. The van der Waals surface area contributed by atoms with E-state index in [1.807, 2.05) is 6.92 Å². The number of hydrogen-bond acceptors (Lipinski definition) is 2. The molecular formula is C8H7ClN2. The summed E-state index contributed by atoms with van der Waals surface area (Å²) in [6.45, 7) is 1.98. The molecule has 3 heteroatoms. The van der Waals surface area contributed by atoms with Gasteiger partial charge in [-0.15, -0.1) is 0 Å². The number of rotatable bonds is 1. The second-order valence-electron chi connectivity index (χ2n) is 2.13. The van der Waals surface area contributed by atoms with E-state index in [9.17, 15) is 0 Å². The van der Waals surface area contributed by atoms with Gasteiger partial charge >= 0.3 is 0 Å². The summed E-state index contributed by atoms with van der Waals surface area (Å²) in [4.78, 5) is 3.87. The Morgan fingerprint density at radius 1 is 1.73 bits per heavy atom. The molecule has 0 saturated heterocycles. The van der Waals surface area contributed by atoms with Gasteiger partial charge in [-0.25, -0.2) is 4.98 Å². The lowest BCUT2D eigenvalue weighted by Crippen LogP contribution is -1.88. The van der Waals surface area contributed by atoms with Crippen LogP contribution in [-0.2, 0) is 6.42 Å². The molecule has 0 aliphatic rings. The smallest absolute Gasteiger partial charge is 0.130 e. The van der Waals surface area contributed by atoms with Gasteiger partial charge in [0, 0.05) is 6.20 Å². The summed E-state index contributed by atoms with van der Waals surface area (Å²) >= 11 is 5.59. The maximum Gasteiger partial charge on any atom is 0.130 e. The van der Waals surface area contributed by atoms with Crippen LogP contribution in [0.5, 0.6) is 0 Å². The van der Waals surface area contributed by atoms with Crippen molar-refractivity contribution in [2.45, 2.75) is 13.3 Å². The van der Waals surface area contributed by atoms with E-state index in [1.54, 1.807) is 12.3 Å². The van der Waals surface area contributed by atoms with Crippen molar-refractivity contribution < 1.29 is 0 Å². The summed E-state index contributed by atoms with van der Waals surface area (Å²) in [5.41, 5.74) is 1.56. The molecule has 0 radical (unpaired) electrons. The van der Waals surface area contributed by atoms with E-state index in [0.717, 1.165) is 12.0 Å². The Bertz CT molecular complexity index is 301. The number of aryl methyl sites for hydroxylation is 1. The quantitative estimate of drug-likeness (QED) is 0.600. The van der Waals surface area contributed by atoms with Gasteiger partial charge in [0.25, 0.3) is 0 Å². The van der Waals surface area contributed by atoms with E-state index < -0.39 is 0 Å². The third kappa shape index (κ3) is 1.69. The topological polar surface area (TPSA) is 36.7 Å². The number of nitriles is 1. The summed E-state index contributed by atoms with van der Waals surface area (Å²) in [5, 5.41) is 9.01. The first-order chi connectivity index (χ1) is 5.27. The normalized spacial score (nSPS) is 9.18. The molecule has 0 aliphatic heterocycles. The zero-order chi connectivity index (χ0) is 8.27. The van der Waals surface area contributed by atoms with Crippen molar-refractivity contribution in [1.82, 2.24) is 4.98 Å². The van der Waals surface area contributed by atoms with Gasteiger partial charge in [0.1, 0.15) is 5.15 Å². The summed E-state index contributed by atoms with van der Waals surface area (Å²) in [5.74, 6) is 0. The molecule has 0 unspecified atom stereocenters. The zero-order valence-electron chi connectivity index (χ0n) is 6.13. The van der Waals surface area contributed by atoms with E-state index in [1.165, 1.54) is 0 Å². The minimum absolute atomic E-state index is 0.374. The van der Waals surface area contributed by atoms with Gasteiger partial charge < -0.3 is 0 Å². The van der Waals surface area contributed by atoms with E-state index in [2.05, 4.69) is 11.1 Å². The van der Waals surface area contributed by atoms with Crippen LogP contribution in [0.15, 0.2) is 12.3 Å². The Hall–Kier alpha value is -1.07. The van der Waals surface area contributed by atoms with Crippen LogP contribution in [0.3, 0.4) is 0 Å². The standard InChI is InChI=1S/C8H7ClN2/c1-2-6-5-11-8(9)3-7(6)4-10/h3,5H,2H2,1H3. The highest BCUT2D eigenvalue weighted by Gasteiger charge is 2.00. The van der Waals surface area contributed by atoms with E-state index in [0.29, 0.717) is 10.7 Å². The van der Waals surface area contributed by atoms with Crippen molar-refractivity contribution in [3.05, 3.63) is 28.5 Å². The molecular weight excluding hydrogens is 160 g/mol. The van der Waals surface area contributed by atoms with E-state index in [-0.39, 0.29) is 0 Å². The molecule has 1 rings (SSSR count). The molecule has 0 fully saturated rings. The minimum Gasteiger partial charge on any atom is -0.244 e. The number of aromatic nitrogens is 1. The summed E-state index contributed by atoms with van der Waals surface area (Å²) in [7, 11) is 0.